The van der Waals surface area contributed by atoms with Crippen LogP contribution in [0.3, 0.4) is 0 Å². The number of nitrogens with zero attached hydrogens (tertiary/aromatic N) is 3. The van der Waals surface area contributed by atoms with Crippen LogP contribution in [0.5, 0.6) is 0 Å². The molecule has 2 aromatic heterocycles. The molecule has 4 rings (SSSR count). The highest BCUT2D eigenvalue weighted by atomic mass is 35.5. The first-order valence-corrected chi connectivity index (χ1v) is 11.6. The molecule has 30 heavy (non-hydrogen) atoms. The fourth-order valence-corrected chi connectivity index (χ4v) is 5.19. The van der Waals surface area contributed by atoms with Gasteiger partial charge >= 0.3 is 0 Å². The van der Waals surface area contributed by atoms with Gasteiger partial charge < -0.3 is 4.90 Å². The average Bonchev–Trinajstić information content (AvgIpc) is 3.13. The summed E-state index contributed by atoms with van der Waals surface area (Å²) in [4.78, 5) is 13.8. The second kappa shape index (κ2) is 8.75. The minimum atomic E-state index is 0.289. The summed E-state index contributed by atoms with van der Waals surface area (Å²) < 4.78 is 0. The molecule has 0 bridgehead atoms. The predicted molar refractivity (Wildman–Crippen MR) is 130 cm³/mol. The molecule has 2 heterocycles. The van der Waals surface area contributed by atoms with Gasteiger partial charge in [0, 0.05) is 22.7 Å². The van der Waals surface area contributed by atoms with E-state index in [0.717, 1.165) is 34.7 Å². The van der Waals surface area contributed by atoms with Crippen LogP contribution in [0.2, 0.25) is 5.28 Å². The zero-order chi connectivity index (χ0) is 21.3. The lowest BCUT2D eigenvalue weighted by molar-refractivity contribution is 0.867. The highest BCUT2D eigenvalue weighted by molar-refractivity contribution is 7.19. The van der Waals surface area contributed by atoms with Crippen LogP contribution >= 0.6 is 22.9 Å². The molecule has 0 radical (unpaired) electrons. The fourth-order valence-electron chi connectivity index (χ4n) is 3.85. The number of hydrogen-bond donors (Lipinski definition) is 0. The molecule has 0 N–H and O–H groups in total. The SMILES string of the molecule is CCc1sc2nc(Cl)nc(N(CC)c3ccccc3)c2c1-c1ccc(C(C)C)cc1. The van der Waals surface area contributed by atoms with E-state index in [1.165, 1.54) is 21.6 Å². The summed E-state index contributed by atoms with van der Waals surface area (Å²) in [7, 11) is 0. The van der Waals surface area contributed by atoms with E-state index in [1.54, 1.807) is 11.3 Å². The Morgan fingerprint density at radius 2 is 1.67 bits per heavy atom. The molecule has 5 heteroatoms. The Balaban J connectivity index is 1.98. The van der Waals surface area contributed by atoms with Gasteiger partial charge in [-0.25, -0.2) is 4.98 Å². The molecule has 0 atom stereocenters. The van der Waals surface area contributed by atoms with Crippen LogP contribution in [0.4, 0.5) is 11.5 Å². The Bertz CT molecular complexity index is 1150. The molecule has 0 saturated carbocycles. The lowest BCUT2D eigenvalue weighted by Gasteiger charge is -2.23. The van der Waals surface area contributed by atoms with Crippen molar-refractivity contribution in [2.24, 2.45) is 0 Å². The van der Waals surface area contributed by atoms with E-state index in [4.69, 9.17) is 16.6 Å². The molecule has 154 valence electrons. The maximum Gasteiger partial charge on any atom is 0.225 e. The van der Waals surface area contributed by atoms with Crippen molar-refractivity contribution in [3.05, 3.63) is 70.3 Å². The van der Waals surface area contributed by atoms with Crippen molar-refractivity contribution in [2.45, 2.75) is 40.0 Å². The predicted octanol–water partition coefficient (Wildman–Crippen LogP) is 7.86. The Hall–Kier alpha value is -2.43. The van der Waals surface area contributed by atoms with E-state index < -0.39 is 0 Å². The van der Waals surface area contributed by atoms with Crippen LogP contribution in [0.15, 0.2) is 54.6 Å². The minimum absolute atomic E-state index is 0.289. The van der Waals surface area contributed by atoms with Gasteiger partial charge in [0.2, 0.25) is 5.28 Å². The number of benzene rings is 2. The highest BCUT2D eigenvalue weighted by Gasteiger charge is 2.23. The van der Waals surface area contributed by atoms with Crippen molar-refractivity contribution in [2.75, 3.05) is 11.4 Å². The van der Waals surface area contributed by atoms with Crippen LogP contribution in [0.1, 0.15) is 44.1 Å². The normalized spacial score (nSPS) is 11.4. The summed E-state index contributed by atoms with van der Waals surface area (Å²) in [6, 6.07) is 19.3. The van der Waals surface area contributed by atoms with Crippen LogP contribution < -0.4 is 4.90 Å². The summed E-state index contributed by atoms with van der Waals surface area (Å²) >= 11 is 8.09. The number of para-hydroxylation sites is 1. The quantitative estimate of drug-likeness (QED) is 0.288. The molecule has 0 saturated heterocycles. The second-order valence-corrected chi connectivity index (χ2v) is 9.03. The molecule has 0 amide bonds. The van der Waals surface area contributed by atoms with Crippen molar-refractivity contribution in [1.29, 1.82) is 0 Å². The van der Waals surface area contributed by atoms with Gasteiger partial charge in [0.1, 0.15) is 10.6 Å². The molecule has 0 spiro atoms. The Labute approximate surface area is 187 Å². The smallest absolute Gasteiger partial charge is 0.225 e. The molecule has 0 aliphatic rings. The first kappa shape index (κ1) is 20.8. The number of fused-ring (bicyclic) bond motifs is 1. The molecule has 0 unspecified atom stereocenters. The second-order valence-electron chi connectivity index (χ2n) is 7.61. The van der Waals surface area contributed by atoms with E-state index in [1.807, 2.05) is 6.07 Å². The van der Waals surface area contributed by atoms with Gasteiger partial charge in [0.05, 0.1) is 5.39 Å². The van der Waals surface area contributed by atoms with Crippen LogP contribution in [-0.4, -0.2) is 16.5 Å². The lowest BCUT2D eigenvalue weighted by Crippen LogP contribution is -2.18. The standard InChI is InChI=1S/C25H26ClN3S/c1-5-20-21(18-14-12-17(13-15-18)16(3)4)22-23(27-25(26)28-24(22)30-20)29(6-2)19-10-8-7-9-11-19/h7-16H,5-6H2,1-4H3. The van der Waals surface area contributed by atoms with Gasteiger partial charge in [-0.1, -0.05) is 63.2 Å². The first-order valence-electron chi connectivity index (χ1n) is 10.4. The zero-order valence-corrected chi connectivity index (χ0v) is 19.4. The Kier molecular flexibility index (Phi) is 6.07. The molecule has 2 aromatic carbocycles. The minimum Gasteiger partial charge on any atom is -0.326 e. The first-order chi connectivity index (χ1) is 14.5. The number of thiophene rings is 1. The van der Waals surface area contributed by atoms with Gasteiger partial charge in [0.15, 0.2) is 0 Å². The van der Waals surface area contributed by atoms with Gasteiger partial charge in [-0.3, -0.25) is 0 Å². The number of hydrogen-bond acceptors (Lipinski definition) is 4. The van der Waals surface area contributed by atoms with E-state index in [-0.39, 0.29) is 5.28 Å². The van der Waals surface area contributed by atoms with E-state index in [2.05, 4.69) is 86.1 Å². The van der Waals surface area contributed by atoms with E-state index >= 15 is 0 Å². The van der Waals surface area contributed by atoms with Crippen LogP contribution in [-0.2, 0) is 6.42 Å². The molecule has 3 nitrogen and oxygen atoms in total. The number of anilines is 2. The molecular weight excluding hydrogens is 410 g/mol. The summed E-state index contributed by atoms with van der Waals surface area (Å²) in [6.07, 6.45) is 0.941. The molecule has 0 fully saturated rings. The van der Waals surface area contributed by atoms with Crippen molar-refractivity contribution < 1.29 is 0 Å². The molecule has 0 aliphatic heterocycles. The Morgan fingerprint density at radius 3 is 2.27 bits per heavy atom. The third-order valence-corrected chi connectivity index (χ3v) is 6.80. The average molecular weight is 436 g/mol. The summed E-state index contributed by atoms with van der Waals surface area (Å²) in [5, 5.41) is 1.38. The van der Waals surface area contributed by atoms with E-state index in [9.17, 15) is 0 Å². The van der Waals surface area contributed by atoms with Gasteiger partial charge in [-0.05, 0) is 54.1 Å². The third-order valence-electron chi connectivity index (χ3n) is 5.41. The highest BCUT2D eigenvalue weighted by Crippen LogP contribution is 2.44. The van der Waals surface area contributed by atoms with Crippen LogP contribution in [0.25, 0.3) is 21.3 Å². The summed E-state index contributed by atoms with van der Waals surface area (Å²) in [6.45, 7) is 9.56. The molecule has 0 aliphatic carbocycles. The summed E-state index contributed by atoms with van der Waals surface area (Å²) in [5.74, 6) is 1.38. The number of rotatable bonds is 6. The van der Waals surface area contributed by atoms with Gasteiger partial charge in [-0.15, -0.1) is 11.3 Å². The van der Waals surface area contributed by atoms with Gasteiger partial charge in [0.25, 0.3) is 0 Å². The van der Waals surface area contributed by atoms with Crippen molar-refractivity contribution >= 4 is 44.7 Å². The maximum absolute atomic E-state index is 6.38. The fraction of sp³-hybridized carbons (Fsp3) is 0.280. The topological polar surface area (TPSA) is 29.0 Å². The zero-order valence-electron chi connectivity index (χ0n) is 17.8. The third kappa shape index (κ3) is 3.82. The largest absolute Gasteiger partial charge is 0.326 e. The van der Waals surface area contributed by atoms with Crippen molar-refractivity contribution in [3.8, 4) is 11.1 Å². The van der Waals surface area contributed by atoms with Crippen LogP contribution in [0, 0.1) is 0 Å². The Morgan fingerprint density at radius 1 is 0.967 bits per heavy atom. The molecular formula is C25H26ClN3S. The van der Waals surface area contributed by atoms with Crippen molar-refractivity contribution in [3.63, 3.8) is 0 Å². The number of aromatic nitrogens is 2. The summed E-state index contributed by atoms with van der Waals surface area (Å²) in [5.41, 5.74) is 4.88. The van der Waals surface area contributed by atoms with Gasteiger partial charge in [-0.2, -0.15) is 4.98 Å². The molecule has 4 aromatic rings. The van der Waals surface area contributed by atoms with Crippen molar-refractivity contribution in [1.82, 2.24) is 9.97 Å². The number of aryl methyl sites for hydroxylation is 1. The monoisotopic (exact) mass is 435 g/mol. The number of halogens is 1. The lowest BCUT2D eigenvalue weighted by atomic mass is 9.97. The maximum atomic E-state index is 6.38. The van der Waals surface area contributed by atoms with E-state index in [0.29, 0.717) is 5.92 Å².